The van der Waals surface area contributed by atoms with Crippen molar-refractivity contribution in [3.63, 3.8) is 0 Å². The fraction of sp³-hybridized carbons (Fsp3) is 0.562. The van der Waals surface area contributed by atoms with Crippen molar-refractivity contribution < 1.29 is 14.3 Å². The minimum atomic E-state index is -3.89. The summed E-state index contributed by atoms with van der Waals surface area (Å²) in [7, 11) is -3.89. The van der Waals surface area contributed by atoms with Crippen LogP contribution in [0.3, 0.4) is 0 Å². The molecular weight excluding hydrogens is 271 g/mol. The monoisotopic (exact) mass is 296 g/mol. The van der Waals surface area contributed by atoms with Gasteiger partial charge in [-0.15, -0.1) is 0 Å². The Bertz CT molecular complexity index is 508. The molecule has 0 bridgehead atoms. The third-order valence-corrected chi connectivity index (χ3v) is 5.77. The van der Waals surface area contributed by atoms with E-state index in [2.05, 4.69) is 6.92 Å². The molecule has 20 heavy (non-hydrogen) atoms. The second-order valence-electron chi connectivity index (χ2n) is 5.35. The maximum Gasteiger partial charge on any atom is 0.293 e. The summed E-state index contributed by atoms with van der Waals surface area (Å²) >= 11 is 0. The molecule has 0 heterocycles. The number of carbonyl (C=O) groups excluding carboxylic acids is 1. The molecule has 0 saturated carbocycles. The molecule has 1 unspecified atom stereocenters. The SMILES string of the molecule is CCCCCCCC(=O)P(=O)(O)c1cccc(C)c1C. The van der Waals surface area contributed by atoms with Crippen molar-refractivity contribution in [1.29, 1.82) is 0 Å². The summed E-state index contributed by atoms with van der Waals surface area (Å²) in [5, 5.41) is 0.302. The zero-order valence-corrected chi connectivity index (χ0v) is 13.6. The van der Waals surface area contributed by atoms with Crippen molar-refractivity contribution in [1.82, 2.24) is 0 Å². The molecule has 1 aromatic rings. The van der Waals surface area contributed by atoms with Crippen molar-refractivity contribution in [2.24, 2.45) is 0 Å². The molecule has 0 aromatic heterocycles. The van der Waals surface area contributed by atoms with E-state index in [4.69, 9.17) is 0 Å². The Hall–Kier alpha value is -0.920. The number of rotatable bonds is 8. The molecular formula is C16H25O3P. The number of carbonyl (C=O) groups is 1. The fourth-order valence-corrected chi connectivity index (χ4v) is 3.88. The van der Waals surface area contributed by atoms with E-state index in [0.29, 0.717) is 11.7 Å². The third-order valence-electron chi connectivity index (χ3n) is 3.73. The summed E-state index contributed by atoms with van der Waals surface area (Å²) in [5.74, 6) is 0. The Morgan fingerprint density at radius 2 is 1.80 bits per heavy atom. The third kappa shape index (κ3) is 4.29. The van der Waals surface area contributed by atoms with Crippen molar-refractivity contribution in [3.8, 4) is 0 Å². The first-order valence-electron chi connectivity index (χ1n) is 7.34. The Kier molecular flexibility index (Phi) is 6.64. The van der Waals surface area contributed by atoms with Crippen LogP contribution in [0, 0.1) is 13.8 Å². The largest absolute Gasteiger partial charge is 0.336 e. The normalized spacial score (nSPS) is 14.0. The van der Waals surface area contributed by atoms with Gasteiger partial charge < -0.3 is 4.89 Å². The number of aryl methyl sites for hydroxylation is 1. The zero-order valence-electron chi connectivity index (χ0n) is 12.7. The van der Waals surface area contributed by atoms with Crippen LogP contribution in [-0.2, 0) is 9.36 Å². The zero-order chi connectivity index (χ0) is 15.2. The van der Waals surface area contributed by atoms with Gasteiger partial charge in [0.15, 0.2) is 0 Å². The van der Waals surface area contributed by atoms with E-state index in [1.165, 1.54) is 0 Å². The molecule has 0 saturated heterocycles. The van der Waals surface area contributed by atoms with E-state index in [0.717, 1.165) is 36.8 Å². The predicted octanol–water partition coefficient (Wildman–Crippen LogP) is 4.09. The minimum Gasteiger partial charge on any atom is -0.336 e. The lowest BCUT2D eigenvalue weighted by atomic mass is 10.1. The van der Waals surface area contributed by atoms with Crippen LogP contribution in [0.4, 0.5) is 0 Å². The molecule has 0 fully saturated rings. The van der Waals surface area contributed by atoms with Gasteiger partial charge >= 0.3 is 0 Å². The number of hydrogen-bond donors (Lipinski definition) is 1. The maximum absolute atomic E-state index is 12.4. The number of hydrogen-bond acceptors (Lipinski definition) is 2. The Morgan fingerprint density at radius 1 is 1.15 bits per heavy atom. The standard InChI is InChI=1S/C16H25O3P/c1-4-5-6-7-8-12-16(17)20(18,19)15-11-9-10-13(2)14(15)3/h9-11H,4-8,12H2,1-3H3,(H,18,19). The highest BCUT2D eigenvalue weighted by Gasteiger charge is 2.32. The van der Waals surface area contributed by atoms with Gasteiger partial charge in [0.2, 0.25) is 5.52 Å². The van der Waals surface area contributed by atoms with Gasteiger partial charge in [0, 0.05) is 11.7 Å². The lowest BCUT2D eigenvalue weighted by Crippen LogP contribution is -2.16. The highest BCUT2D eigenvalue weighted by molar-refractivity contribution is 7.82. The molecule has 1 atom stereocenters. The van der Waals surface area contributed by atoms with Crippen LogP contribution in [0.25, 0.3) is 0 Å². The number of benzene rings is 1. The van der Waals surface area contributed by atoms with Crippen LogP contribution in [0.2, 0.25) is 0 Å². The average molecular weight is 296 g/mol. The first kappa shape index (κ1) is 17.1. The quantitative estimate of drug-likeness (QED) is 0.581. The summed E-state index contributed by atoms with van der Waals surface area (Å²) in [5.41, 5.74) is 1.17. The van der Waals surface area contributed by atoms with E-state index in [9.17, 15) is 14.3 Å². The van der Waals surface area contributed by atoms with Crippen LogP contribution < -0.4 is 5.30 Å². The van der Waals surface area contributed by atoms with Crippen molar-refractivity contribution in [3.05, 3.63) is 29.3 Å². The summed E-state index contributed by atoms with van der Waals surface area (Å²) in [6, 6.07) is 5.21. The van der Waals surface area contributed by atoms with Gasteiger partial charge in [0.05, 0.1) is 0 Å². The van der Waals surface area contributed by atoms with E-state index in [1.807, 2.05) is 13.0 Å². The van der Waals surface area contributed by atoms with E-state index in [1.54, 1.807) is 19.1 Å². The topological polar surface area (TPSA) is 54.4 Å². The Balaban J connectivity index is 2.70. The van der Waals surface area contributed by atoms with E-state index in [-0.39, 0.29) is 6.42 Å². The lowest BCUT2D eigenvalue weighted by Gasteiger charge is -2.14. The van der Waals surface area contributed by atoms with Gasteiger partial charge in [-0.2, -0.15) is 0 Å². The molecule has 1 aromatic carbocycles. The van der Waals surface area contributed by atoms with Crippen molar-refractivity contribution in [2.75, 3.05) is 0 Å². The van der Waals surface area contributed by atoms with Crippen LogP contribution in [-0.4, -0.2) is 10.4 Å². The first-order chi connectivity index (χ1) is 9.41. The van der Waals surface area contributed by atoms with Gasteiger partial charge in [-0.25, -0.2) is 0 Å². The lowest BCUT2D eigenvalue weighted by molar-refractivity contribution is -0.112. The average Bonchev–Trinajstić information content (AvgIpc) is 2.41. The molecule has 0 amide bonds. The second kappa shape index (κ2) is 7.75. The smallest absolute Gasteiger partial charge is 0.293 e. The van der Waals surface area contributed by atoms with Gasteiger partial charge in [-0.05, 0) is 37.5 Å². The fourth-order valence-electron chi connectivity index (χ4n) is 2.23. The van der Waals surface area contributed by atoms with E-state index < -0.39 is 12.9 Å². The Morgan fingerprint density at radius 3 is 2.45 bits per heavy atom. The molecule has 0 spiro atoms. The molecule has 0 aliphatic heterocycles. The summed E-state index contributed by atoms with van der Waals surface area (Å²) in [4.78, 5) is 22.2. The molecule has 4 heteroatoms. The minimum absolute atomic E-state index is 0.199. The highest BCUT2D eigenvalue weighted by atomic mass is 31.2. The summed E-state index contributed by atoms with van der Waals surface area (Å²) in [6.45, 7) is 5.81. The van der Waals surface area contributed by atoms with Gasteiger partial charge in [-0.3, -0.25) is 9.36 Å². The molecule has 1 N–H and O–H groups in total. The molecule has 0 radical (unpaired) electrons. The second-order valence-corrected chi connectivity index (χ2v) is 7.49. The molecule has 3 nitrogen and oxygen atoms in total. The highest BCUT2D eigenvalue weighted by Crippen LogP contribution is 2.43. The molecule has 0 aliphatic rings. The Labute approximate surface area is 121 Å². The molecule has 1 rings (SSSR count). The summed E-state index contributed by atoms with van der Waals surface area (Å²) in [6.07, 6.45) is 5.24. The van der Waals surface area contributed by atoms with Gasteiger partial charge in [-0.1, -0.05) is 44.7 Å². The number of unbranched alkanes of at least 4 members (excludes halogenated alkanes) is 4. The van der Waals surface area contributed by atoms with Gasteiger partial charge in [0.1, 0.15) is 0 Å². The van der Waals surface area contributed by atoms with E-state index >= 15 is 0 Å². The molecule has 112 valence electrons. The van der Waals surface area contributed by atoms with Crippen molar-refractivity contribution >= 4 is 18.2 Å². The van der Waals surface area contributed by atoms with Crippen molar-refractivity contribution in [2.45, 2.75) is 59.3 Å². The first-order valence-corrected chi connectivity index (χ1v) is 9.00. The van der Waals surface area contributed by atoms with Crippen LogP contribution in [0.5, 0.6) is 0 Å². The summed E-state index contributed by atoms with van der Waals surface area (Å²) < 4.78 is 12.4. The van der Waals surface area contributed by atoms with Gasteiger partial charge in [0.25, 0.3) is 7.37 Å². The van der Waals surface area contributed by atoms with Crippen LogP contribution in [0.1, 0.15) is 56.6 Å². The van der Waals surface area contributed by atoms with Crippen LogP contribution in [0.15, 0.2) is 18.2 Å². The predicted molar refractivity (Wildman–Crippen MR) is 83.8 cm³/mol. The molecule has 0 aliphatic carbocycles. The van der Waals surface area contributed by atoms with Crippen LogP contribution >= 0.6 is 7.37 Å². The maximum atomic E-state index is 12.4.